The minimum absolute atomic E-state index is 0.316. The van der Waals surface area contributed by atoms with E-state index in [9.17, 15) is 4.79 Å². The van der Waals surface area contributed by atoms with Gasteiger partial charge in [-0.1, -0.05) is 19.3 Å². The third-order valence-electron chi connectivity index (χ3n) is 5.99. The van der Waals surface area contributed by atoms with Crippen molar-refractivity contribution in [2.24, 2.45) is 5.92 Å². The minimum Gasteiger partial charge on any atom is -0.341 e. The summed E-state index contributed by atoms with van der Waals surface area (Å²) in [5.74, 6) is 1.94. The van der Waals surface area contributed by atoms with Gasteiger partial charge in [-0.2, -0.15) is 0 Å². The first-order chi connectivity index (χ1) is 12.7. The Balaban J connectivity index is 1.46. The first-order valence-electron chi connectivity index (χ1n) is 9.94. The van der Waals surface area contributed by atoms with E-state index in [4.69, 9.17) is 0 Å². The number of carbonyl (C=O) groups is 1. The predicted octanol–water partition coefficient (Wildman–Crippen LogP) is 4.00. The van der Waals surface area contributed by atoms with Gasteiger partial charge in [0.2, 0.25) is 5.91 Å². The van der Waals surface area contributed by atoms with Crippen LogP contribution in [-0.4, -0.2) is 38.4 Å². The van der Waals surface area contributed by atoms with Gasteiger partial charge in [0.25, 0.3) is 0 Å². The Morgan fingerprint density at radius 2 is 1.92 bits per heavy atom. The maximum atomic E-state index is 12.8. The molecule has 1 unspecified atom stereocenters. The molecule has 0 aromatic carbocycles. The summed E-state index contributed by atoms with van der Waals surface area (Å²) in [6.07, 6.45) is 13.7. The van der Waals surface area contributed by atoms with Crippen molar-refractivity contribution in [3.05, 3.63) is 36.4 Å². The normalized spacial score (nSPS) is 21.3. The number of hydrogen-bond acceptors (Lipinski definition) is 3. The lowest BCUT2D eigenvalue weighted by Crippen LogP contribution is -2.31. The molecule has 138 valence electrons. The smallest absolute Gasteiger partial charge is 0.222 e. The lowest BCUT2D eigenvalue weighted by Gasteiger charge is -2.24. The molecule has 5 nitrogen and oxygen atoms in total. The molecule has 2 fully saturated rings. The van der Waals surface area contributed by atoms with Gasteiger partial charge in [0.1, 0.15) is 5.82 Å². The number of rotatable bonds is 4. The number of nitrogens with zero attached hydrogens (tertiary/aromatic N) is 4. The number of aryl methyl sites for hydroxylation is 1. The predicted molar refractivity (Wildman–Crippen MR) is 102 cm³/mol. The zero-order valence-electron chi connectivity index (χ0n) is 15.6. The number of aromatic nitrogens is 3. The van der Waals surface area contributed by atoms with E-state index in [1.54, 1.807) is 12.4 Å². The van der Waals surface area contributed by atoms with Crippen molar-refractivity contribution >= 4 is 5.91 Å². The van der Waals surface area contributed by atoms with Crippen molar-refractivity contribution in [2.45, 2.75) is 57.9 Å². The molecule has 1 aliphatic carbocycles. The van der Waals surface area contributed by atoms with Crippen LogP contribution in [0.25, 0.3) is 11.4 Å². The molecule has 1 saturated heterocycles. The molecular weight excluding hydrogens is 324 g/mol. The fraction of sp³-hybridized carbons (Fsp3) is 0.571. The SMILES string of the molecule is Cc1cnc(-c2ccncc2)n1C1CCN(C(=O)CC2CCCCC2)C1. The van der Waals surface area contributed by atoms with Crippen LogP contribution in [0, 0.1) is 12.8 Å². The monoisotopic (exact) mass is 352 g/mol. The number of likely N-dealkylation sites (tertiary alicyclic amines) is 1. The molecule has 0 bridgehead atoms. The second-order valence-electron chi connectivity index (χ2n) is 7.82. The maximum absolute atomic E-state index is 12.8. The average molecular weight is 352 g/mol. The molecule has 1 amide bonds. The lowest BCUT2D eigenvalue weighted by molar-refractivity contribution is -0.131. The topological polar surface area (TPSA) is 51.0 Å². The van der Waals surface area contributed by atoms with Gasteiger partial charge in [0, 0.05) is 49.4 Å². The molecule has 26 heavy (non-hydrogen) atoms. The fourth-order valence-electron chi connectivity index (χ4n) is 4.57. The van der Waals surface area contributed by atoms with E-state index in [2.05, 4.69) is 26.4 Å². The van der Waals surface area contributed by atoms with Gasteiger partial charge < -0.3 is 9.47 Å². The largest absolute Gasteiger partial charge is 0.341 e. The van der Waals surface area contributed by atoms with Crippen LogP contribution < -0.4 is 0 Å². The van der Waals surface area contributed by atoms with Crippen LogP contribution in [0.5, 0.6) is 0 Å². The highest BCUT2D eigenvalue weighted by atomic mass is 16.2. The Labute approximate surface area is 155 Å². The minimum atomic E-state index is 0.316. The van der Waals surface area contributed by atoms with Crippen LogP contribution in [0.3, 0.4) is 0 Å². The van der Waals surface area contributed by atoms with E-state index in [0.717, 1.165) is 43.0 Å². The number of imidazole rings is 1. The molecule has 1 saturated carbocycles. The van der Waals surface area contributed by atoms with E-state index in [1.807, 2.05) is 18.3 Å². The molecule has 2 aromatic rings. The molecule has 1 atom stereocenters. The third-order valence-corrected chi connectivity index (χ3v) is 5.99. The van der Waals surface area contributed by atoms with Gasteiger partial charge in [-0.15, -0.1) is 0 Å². The van der Waals surface area contributed by atoms with Gasteiger partial charge in [-0.25, -0.2) is 4.98 Å². The van der Waals surface area contributed by atoms with Crippen LogP contribution in [0.1, 0.15) is 56.7 Å². The van der Waals surface area contributed by atoms with E-state index >= 15 is 0 Å². The number of carbonyl (C=O) groups excluding carboxylic acids is 1. The molecule has 4 rings (SSSR count). The molecule has 3 heterocycles. The standard InChI is InChI=1S/C21H28N4O/c1-16-14-23-21(18-7-10-22-11-8-18)25(16)19-9-12-24(15-19)20(26)13-17-5-3-2-4-6-17/h7-8,10-11,14,17,19H,2-6,9,12-13,15H2,1H3. The van der Waals surface area contributed by atoms with Gasteiger partial charge in [-0.3, -0.25) is 9.78 Å². The van der Waals surface area contributed by atoms with Gasteiger partial charge in [0.05, 0.1) is 6.04 Å². The number of amides is 1. The highest BCUT2D eigenvalue weighted by Crippen LogP contribution is 2.31. The number of pyridine rings is 1. The Morgan fingerprint density at radius 3 is 2.69 bits per heavy atom. The highest BCUT2D eigenvalue weighted by molar-refractivity contribution is 5.76. The maximum Gasteiger partial charge on any atom is 0.222 e. The molecule has 1 aliphatic heterocycles. The molecule has 0 radical (unpaired) electrons. The Bertz CT molecular complexity index is 749. The Kier molecular flexibility index (Phi) is 5.05. The number of hydrogen-bond donors (Lipinski definition) is 0. The molecule has 0 N–H and O–H groups in total. The summed E-state index contributed by atoms with van der Waals surface area (Å²) < 4.78 is 2.31. The fourth-order valence-corrected chi connectivity index (χ4v) is 4.57. The van der Waals surface area contributed by atoms with Crippen molar-refractivity contribution in [3.8, 4) is 11.4 Å². The van der Waals surface area contributed by atoms with Crippen molar-refractivity contribution in [1.29, 1.82) is 0 Å². The van der Waals surface area contributed by atoms with Crippen LogP contribution in [0.15, 0.2) is 30.7 Å². The zero-order chi connectivity index (χ0) is 17.9. The highest BCUT2D eigenvalue weighted by Gasteiger charge is 2.31. The van der Waals surface area contributed by atoms with Gasteiger partial charge in [-0.05, 0) is 44.2 Å². The summed E-state index contributed by atoms with van der Waals surface area (Å²) in [7, 11) is 0. The van der Waals surface area contributed by atoms with Crippen molar-refractivity contribution in [3.63, 3.8) is 0 Å². The Hall–Kier alpha value is -2.17. The molecule has 2 aromatic heterocycles. The van der Waals surface area contributed by atoms with Crippen LogP contribution in [0.4, 0.5) is 0 Å². The second kappa shape index (κ2) is 7.60. The first-order valence-corrected chi connectivity index (χ1v) is 9.94. The van der Waals surface area contributed by atoms with Gasteiger partial charge >= 0.3 is 0 Å². The van der Waals surface area contributed by atoms with E-state index in [1.165, 1.54) is 32.1 Å². The quantitative estimate of drug-likeness (QED) is 0.836. The zero-order valence-corrected chi connectivity index (χ0v) is 15.6. The molecule has 5 heteroatoms. The van der Waals surface area contributed by atoms with Crippen molar-refractivity contribution < 1.29 is 4.79 Å². The third kappa shape index (κ3) is 3.53. The summed E-state index contributed by atoms with van der Waals surface area (Å²) >= 11 is 0. The van der Waals surface area contributed by atoms with E-state index < -0.39 is 0 Å². The summed E-state index contributed by atoms with van der Waals surface area (Å²) in [6.45, 7) is 3.77. The van der Waals surface area contributed by atoms with Crippen molar-refractivity contribution in [2.75, 3.05) is 13.1 Å². The Morgan fingerprint density at radius 1 is 1.15 bits per heavy atom. The summed E-state index contributed by atoms with van der Waals surface area (Å²) in [4.78, 5) is 23.6. The van der Waals surface area contributed by atoms with Crippen LogP contribution in [0.2, 0.25) is 0 Å². The molecule has 2 aliphatic rings. The molecule has 0 spiro atoms. The van der Waals surface area contributed by atoms with Crippen LogP contribution >= 0.6 is 0 Å². The summed E-state index contributed by atoms with van der Waals surface area (Å²) in [5, 5.41) is 0. The van der Waals surface area contributed by atoms with Crippen molar-refractivity contribution in [1.82, 2.24) is 19.4 Å². The van der Waals surface area contributed by atoms with E-state index in [0.29, 0.717) is 17.9 Å². The summed E-state index contributed by atoms with van der Waals surface area (Å²) in [5.41, 5.74) is 2.24. The van der Waals surface area contributed by atoms with E-state index in [-0.39, 0.29) is 0 Å². The lowest BCUT2D eigenvalue weighted by atomic mass is 9.87. The molecular formula is C21H28N4O. The van der Waals surface area contributed by atoms with Gasteiger partial charge in [0.15, 0.2) is 0 Å². The average Bonchev–Trinajstić information content (AvgIpc) is 3.30. The summed E-state index contributed by atoms with van der Waals surface area (Å²) in [6, 6.07) is 4.31. The van der Waals surface area contributed by atoms with Crippen LogP contribution in [-0.2, 0) is 4.79 Å². The second-order valence-corrected chi connectivity index (χ2v) is 7.82. The first kappa shape index (κ1) is 17.3.